The number of piperidine rings is 3. The molecule has 19 nitrogen and oxygen atoms in total. The number of methoxy groups -OCH3 is 1. The molecule has 3 N–H and O–H groups in total. The van der Waals surface area contributed by atoms with Gasteiger partial charge in [0.05, 0.1) is 41.3 Å². The average molecular weight is 1070 g/mol. The lowest BCUT2D eigenvalue weighted by Gasteiger charge is -2.39. The van der Waals surface area contributed by atoms with Crippen molar-refractivity contribution in [3.8, 4) is 17.2 Å². The van der Waals surface area contributed by atoms with E-state index in [1.54, 1.807) is 43.6 Å². The SMILES string of the molecule is COc1cc2c(Oc3ccc(NC(=O)C4(C(=O)Nc5ccc(F)cc5)CC4)cc3)ccnc2cc1N1CCC(Cc2cnc(N3CCC(CN4CCN(c5ccc6c(c5)C(=O)N(C5CCCNC5=O)C6=O)CC4)CC3)nn2)CC1. The van der Waals surface area contributed by atoms with Gasteiger partial charge in [0.15, 0.2) is 0 Å². The largest absolute Gasteiger partial charge is 0.495 e. The molecule has 1 unspecified atom stereocenters. The Morgan fingerprint density at radius 3 is 2.06 bits per heavy atom. The Kier molecular flexibility index (Phi) is 14.3. The quantitative estimate of drug-likeness (QED) is 0.0693. The fourth-order valence-electron chi connectivity index (χ4n) is 11.9. The molecule has 5 aliphatic heterocycles. The summed E-state index contributed by atoms with van der Waals surface area (Å²) >= 11 is 0. The van der Waals surface area contributed by atoms with E-state index in [0.717, 1.165) is 136 Å². The van der Waals surface area contributed by atoms with Gasteiger partial charge in [-0.15, -0.1) is 5.10 Å². The minimum Gasteiger partial charge on any atom is -0.495 e. The van der Waals surface area contributed by atoms with Crippen molar-refractivity contribution < 1.29 is 37.8 Å². The summed E-state index contributed by atoms with van der Waals surface area (Å²) in [5.74, 6) is 1.34. The summed E-state index contributed by atoms with van der Waals surface area (Å²) in [6.45, 7) is 8.56. The van der Waals surface area contributed by atoms with Gasteiger partial charge in [-0.2, -0.15) is 5.10 Å². The van der Waals surface area contributed by atoms with E-state index >= 15 is 0 Å². The van der Waals surface area contributed by atoms with Gasteiger partial charge in [-0.25, -0.2) is 9.37 Å². The molecule has 0 spiro atoms. The number of carbonyl (C=O) groups excluding carboxylic acids is 5. The van der Waals surface area contributed by atoms with Crippen molar-refractivity contribution in [1.29, 1.82) is 0 Å². The van der Waals surface area contributed by atoms with Crippen molar-refractivity contribution in [3.05, 3.63) is 120 Å². The Morgan fingerprint density at radius 1 is 0.709 bits per heavy atom. The Bertz CT molecular complexity index is 3280. The molecule has 20 heteroatoms. The van der Waals surface area contributed by atoms with Crippen molar-refractivity contribution in [2.24, 2.45) is 17.3 Å². The molecule has 12 rings (SSSR count). The van der Waals surface area contributed by atoms with Gasteiger partial charge >= 0.3 is 0 Å². The van der Waals surface area contributed by atoms with E-state index in [9.17, 15) is 28.4 Å². The molecule has 0 radical (unpaired) electrons. The van der Waals surface area contributed by atoms with Crippen LogP contribution < -0.4 is 40.1 Å². The lowest BCUT2D eigenvalue weighted by molar-refractivity contribution is -0.131. The van der Waals surface area contributed by atoms with Crippen molar-refractivity contribution >= 4 is 69.1 Å². The van der Waals surface area contributed by atoms with Gasteiger partial charge in [0.25, 0.3) is 11.8 Å². The number of rotatable bonds is 15. The zero-order valence-corrected chi connectivity index (χ0v) is 44.2. The number of benzene rings is 4. The molecule has 1 atom stereocenters. The summed E-state index contributed by atoms with van der Waals surface area (Å²) in [7, 11) is 1.67. The summed E-state index contributed by atoms with van der Waals surface area (Å²) in [6.07, 6.45) is 10.6. The number of hydrogen-bond acceptors (Lipinski definition) is 15. The van der Waals surface area contributed by atoms with Gasteiger partial charge in [0, 0.05) is 94.1 Å². The van der Waals surface area contributed by atoms with E-state index in [0.29, 0.717) is 77.6 Å². The van der Waals surface area contributed by atoms with Crippen LogP contribution in [-0.4, -0.2) is 138 Å². The van der Waals surface area contributed by atoms with E-state index < -0.39 is 29.1 Å². The van der Waals surface area contributed by atoms with Crippen LogP contribution in [0.3, 0.4) is 0 Å². The van der Waals surface area contributed by atoms with Gasteiger partial charge in [-0.3, -0.25) is 38.8 Å². The second kappa shape index (κ2) is 21.9. The van der Waals surface area contributed by atoms with Crippen LogP contribution in [0.4, 0.5) is 33.1 Å². The highest BCUT2D eigenvalue weighted by Crippen LogP contribution is 2.48. The van der Waals surface area contributed by atoms with Crippen molar-refractivity contribution in [2.45, 2.75) is 63.8 Å². The van der Waals surface area contributed by atoms with Crippen molar-refractivity contribution in [1.82, 2.24) is 35.3 Å². The summed E-state index contributed by atoms with van der Waals surface area (Å²) in [5.41, 5.74) is 4.12. The van der Waals surface area contributed by atoms with Crippen molar-refractivity contribution in [2.75, 3.05) is 97.9 Å². The van der Waals surface area contributed by atoms with E-state index in [1.165, 1.54) is 24.3 Å². The Balaban J connectivity index is 0.583. The predicted molar refractivity (Wildman–Crippen MR) is 295 cm³/mol. The van der Waals surface area contributed by atoms with E-state index in [4.69, 9.17) is 19.4 Å². The predicted octanol–water partition coefficient (Wildman–Crippen LogP) is 7.09. The molecule has 79 heavy (non-hydrogen) atoms. The molecule has 4 saturated heterocycles. The number of nitrogens with one attached hydrogen (secondary N) is 3. The topological polar surface area (TPSA) is 208 Å². The van der Waals surface area contributed by atoms with Gasteiger partial charge in [0.2, 0.25) is 23.7 Å². The summed E-state index contributed by atoms with van der Waals surface area (Å²) in [6, 6.07) is 23.0. The van der Waals surface area contributed by atoms with Gasteiger partial charge in [-0.1, -0.05) is 0 Å². The number of ether oxygens (including phenoxy) is 2. The maximum Gasteiger partial charge on any atom is 0.262 e. The third kappa shape index (κ3) is 10.7. The fourth-order valence-corrected chi connectivity index (χ4v) is 11.9. The normalized spacial score (nSPS) is 19.8. The maximum absolute atomic E-state index is 13.4. The number of nitrogens with zero attached hydrogens (tertiary/aromatic N) is 9. The number of anilines is 5. The first-order valence-electron chi connectivity index (χ1n) is 27.6. The number of imide groups is 1. The fraction of sp³-hybridized carbons (Fsp3) is 0.407. The number of aromatic nitrogens is 4. The number of fused-ring (bicyclic) bond motifs is 2. The highest BCUT2D eigenvalue weighted by atomic mass is 19.1. The highest BCUT2D eigenvalue weighted by molar-refractivity contribution is 6.23. The third-order valence-electron chi connectivity index (χ3n) is 16.7. The van der Waals surface area contributed by atoms with Crippen LogP contribution in [0.25, 0.3) is 10.9 Å². The van der Waals surface area contributed by atoms with E-state index in [2.05, 4.69) is 51.8 Å². The highest BCUT2D eigenvalue weighted by Gasteiger charge is 2.56. The van der Waals surface area contributed by atoms with Crippen LogP contribution in [0.2, 0.25) is 0 Å². The molecule has 6 aromatic rings. The summed E-state index contributed by atoms with van der Waals surface area (Å²) in [4.78, 5) is 85.5. The van der Waals surface area contributed by atoms with E-state index in [-0.39, 0.29) is 17.7 Å². The second-order valence-corrected chi connectivity index (χ2v) is 21.7. The maximum atomic E-state index is 13.4. The molecular weight excluding hydrogens is 1010 g/mol. The minimum atomic E-state index is -1.17. The molecular formula is C59H63FN12O7. The zero-order chi connectivity index (χ0) is 54.2. The van der Waals surface area contributed by atoms with Crippen LogP contribution in [0, 0.1) is 23.1 Å². The number of hydrogen-bond donors (Lipinski definition) is 3. The Labute approximate surface area is 456 Å². The van der Waals surface area contributed by atoms with Gasteiger partial charge < -0.3 is 40.1 Å². The smallest absolute Gasteiger partial charge is 0.262 e. The molecule has 2 aromatic heterocycles. The molecule has 5 amide bonds. The Morgan fingerprint density at radius 2 is 1.39 bits per heavy atom. The average Bonchev–Trinajstić information content (AvgIpc) is 4.48. The van der Waals surface area contributed by atoms with Crippen LogP contribution in [0.15, 0.2) is 97.3 Å². The lowest BCUT2D eigenvalue weighted by Crippen LogP contribution is -2.52. The van der Waals surface area contributed by atoms with Crippen LogP contribution >= 0.6 is 0 Å². The van der Waals surface area contributed by atoms with Gasteiger partial charge in [-0.05, 0) is 155 Å². The Hall–Kier alpha value is -8.26. The molecule has 4 aromatic carbocycles. The molecule has 5 fully saturated rings. The first kappa shape index (κ1) is 51.5. The first-order valence-corrected chi connectivity index (χ1v) is 27.6. The first-order chi connectivity index (χ1) is 38.5. The summed E-state index contributed by atoms with van der Waals surface area (Å²) in [5, 5.41) is 18.5. The standard InChI is InChI=1S/C59H63FN12O7/c1-78-52-33-47-48(61-22-14-51(47)79-44-11-8-41(9-12-44)65-57(77)59(19-20-59)56(76)64-40-6-4-39(60)5-7-40)34-50(52)70-23-15-37(16-24-70)31-42-35-63-58(67-66-42)71-25-17-38(18-26-71)36-68-27-29-69(30-28-68)43-10-13-45-46(32-43)55(75)72(54(45)74)49-3-2-21-62-53(49)73/h4-14,22,32-35,37-38,49H,2-3,15-21,23-31,36H2,1H3,(H,62,73)(H,64,76)(H,65,77). The second-order valence-electron chi connectivity index (χ2n) is 21.7. The van der Waals surface area contributed by atoms with E-state index in [1.807, 2.05) is 30.5 Å². The van der Waals surface area contributed by atoms with Crippen LogP contribution in [0.5, 0.6) is 17.2 Å². The van der Waals surface area contributed by atoms with Crippen molar-refractivity contribution in [3.63, 3.8) is 0 Å². The molecule has 7 heterocycles. The number of amides is 5. The third-order valence-corrected chi connectivity index (χ3v) is 16.7. The zero-order valence-electron chi connectivity index (χ0n) is 44.2. The molecule has 1 saturated carbocycles. The summed E-state index contributed by atoms with van der Waals surface area (Å²) < 4.78 is 25.7. The number of carbonyl (C=O) groups is 5. The number of piperazine rings is 1. The molecule has 0 bridgehead atoms. The monoisotopic (exact) mass is 1070 g/mol. The van der Waals surface area contributed by atoms with Crippen LogP contribution in [-0.2, 0) is 20.8 Å². The number of pyridine rings is 1. The minimum absolute atomic E-state index is 0.260. The van der Waals surface area contributed by atoms with Crippen LogP contribution in [0.1, 0.15) is 77.8 Å². The molecule has 1 aliphatic carbocycles. The molecule has 6 aliphatic rings. The number of halogens is 1. The van der Waals surface area contributed by atoms with Gasteiger partial charge in [0.1, 0.15) is 34.5 Å². The lowest BCUT2D eigenvalue weighted by atomic mass is 9.92. The molecule has 408 valence electrons.